The Bertz CT molecular complexity index is 1130. The topological polar surface area (TPSA) is 77.7 Å². The smallest absolute Gasteiger partial charge is 0.186 e. The van der Waals surface area contributed by atoms with E-state index in [-0.39, 0.29) is 24.2 Å². The van der Waals surface area contributed by atoms with E-state index >= 15 is 0 Å². The number of anilines is 1. The van der Waals surface area contributed by atoms with Crippen LogP contribution in [0.5, 0.6) is 0 Å². The van der Waals surface area contributed by atoms with Crippen LogP contribution in [0.3, 0.4) is 0 Å². The van der Waals surface area contributed by atoms with Crippen molar-refractivity contribution in [3.8, 4) is 6.07 Å². The lowest BCUT2D eigenvalue weighted by molar-refractivity contribution is 0.211. The minimum absolute atomic E-state index is 0.0575. The molecule has 0 amide bonds. The molecule has 0 bridgehead atoms. The van der Waals surface area contributed by atoms with E-state index in [1.807, 2.05) is 4.90 Å². The summed E-state index contributed by atoms with van der Waals surface area (Å²) in [6.07, 6.45) is 1.90. The average molecular weight is 406 g/mol. The largest absolute Gasteiger partial charge is 0.365 e. The summed E-state index contributed by atoms with van der Waals surface area (Å²) in [5.41, 5.74) is 0.780. The first kappa shape index (κ1) is 14.7. The second-order valence-corrected chi connectivity index (χ2v) is 7.57. The van der Waals surface area contributed by atoms with Crippen molar-refractivity contribution >= 4 is 39.1 Å². The Kier molecular flexibility index (Phi) is 4.20. The molecule has 4 rings (SSSR count). The number of rotatable bonds is 4. The normalized spacial score (nSPS) is 19.7. The van der Waals surface area contributed by atoms with Gasteiger partial charge in [0, 0.05) is 27.0 Å². The molecule has 1 fully saturated rings. The van der Waals surface area contributed by atoms with Crippen LogP contribution >= 0.6 is 22.9 Å². The van der Waals surface area contributed by atoms with Gasteiger partial charge in [-0.2, -0.15) is 5.26 Å². The van der Waals surface area contributed by atoms with Crippen molar-refractivity contribution in [1.82, 2.24) is 19.9 Å². The molecule has 138 valence electrons. The van der Waals surface area contributed by atoms with Crippen LogP contribution in [-0.2, 0) is 6.52 Å². The van der Waals surface area contributed by atoms with Crippen LogP contribution in [0.25, 0.3) is 10.3 Å². The summed E-state index contributed by atoms with van der Waals surface area (Å²) < 4.78 is 40.0. The number of thiazole rings is 1. The maximum Gasteiger partial charge on any atom is 0.186 e. The van der Waals surface area contributed by atoms with Crippen molar-refractivity contribution in [2.75, 3.05) is 18.4 Å². The van der Waals surface area contributed by atoms with Gasteiger partial charge in [-0.05, 0) is 30.5 Å². The molecule has 1 saturated heterocycles. The zero-order valence-corrected chi connectivity index (χ0v) is 15.6. The molecule has 1 aliphatic heterocycles. The number of nitriles is 1. The summed E-state index contributed by atoms with van der Waals surface area (Å²) in [7, 11) is 0. The van der Waals surface area contributed by atoms with Crippen LogP contribution in [0.4, 0.5) is 10.2 Å². The molecule has 27 heavy (non-hydrogen) atoms. The standard InChI is InChI=1S/C18H16ClFN6S/c19-18-25-15-16(22-10-23-17(15)27-18)24-13-3-5-26(6-4-13)9-11-1-2-12(8-21)14(20)7-11/h1-2,7,10,13H,3-6,9H2,(H,22,23,24)/i9D,13D/hD. The van der Waals surface area contributed by atoms with Gasteiger partial charge in [-0.15, -0.1) is 0 Å². The van der Waals surface area contributed by atoms with E-state index in [1.54, 1.807) is 12.1 Å². The zero-order chi connectivity index (χ0) is 21.5. The third-order valence-corrected chi connectivity index (χ3v) is 5.30. The molecule has 0 aliphatic carbocycles. The number of halogens is 2. The third-order valence-electron chi connectivity index (χ3n) is 4.23. The van der Waals surface area contributed by atoms with Gasteiger partial charge in [0.15, 0.2) is 11.7 Å². The van der Waals surface area contributed by atoms with Gasteiger partial charge in [-0.1, -0.05) is 29.0 Å². The van der Waals surface area contributed by atoms with Crippen molar-refractivity contribution in [3.63, 3.8) is 0 Å². The molecule has 0 saturated carbocycles. The lowest BCUT2D eigenvalue weighted by Crippen LogP contribution is -2.38. The lowest BCUT2D eigenvalue weighted by Gasteiger charge is -2.32. The highest BCUT2D eigenvalue weighted by Crippen LogP contribution is 2.28. The highest BCUT2D eigenvalue weighted by Gasteiger charge is 2.21. The molecule has 0 spiro atoms. The molecule has 6 nitrogen and oxygen atoms in total. The van der Waals surface area contributed by atoms with Crippen LogP contribution in [0, 0.1) is 17.1 Å². The number of fused-ring (bicyclic) bond motifs is 1. The number of aromatic nitrogens is 3. The van der Waals surface area contributed by atoms with Gasteiger partial charge in [-0.25, -0.2) is 19.3 Å². The predicted octanol–water partition coefficient (Wildman–Crippen LogP) is 3.83. The molecule has 3 heterocycles. The van der Waals surface area contributed by atoms with Gasteiger partial charge in [0.05, 0.1) is 6.93 Å². The van der Waals surface area contributed by atoms with Crippen molar-refractivity contribution in [2.24, 2.45) is 0 Å². The molecule has 2 aromatic heterocycles. The number of benzene rings is 1. The summed E-state index contributed by atoms with van der Waals surface area (Å²) in [6, 6.07) is 4.66. The second kappa shape index (κ2) is 7.72. The number of nitrogens with zero attached hydrogens (tertiary/aromatic N) is 5. The van der Waals surface area contributed by atoms with Gasteiger partial charge >= 0.3 is 0 Å². The molecule has 1 N–H and O–H groups in total. The van der Waals surface area contributed by atoms with Crippen molar-refractivity contribution in [1.29, 1.82) is 5.26 Å². The van der Waals surface area contributed by atoms with E-state index in [2.05, 4.69) is 15.0 Å². The summed E-state index contributed by atoms with van der Waals surface area (Å²) >= 11 is 7.15. The molecule has 9 heteroatoms. The Morgan fingerprint density at radius 3 is 3.04 bits per heavy atom. The Morgan fingerprint density at radius 2 is 2.30 bits per heavy atom. The maximum absolute atomic E-state index is 13.9. The number of nitrogens with one attached hydrogen (secondary N) is 1. The van der Waals surface area contributed by atoms with Crippen molar-refractivity contribution in [3.05, 3.63) is 45.9 Å². The van der Waals surface area contributed by atoms with Crippen LogP contribution in [-0.4, -0.2) is 39.0 Å². The number of hydrogen-bond donors (Lipinski definition) is 1. The molecule has 1 aromatic carbocycles. The number of piperidine rings is 1. The first-order chi connectivity index (χ1) is 14.3. The Morgan fingerprint density at radius 1 is 1.48 bits per heavy atom. The highest BCUT2D eigenvalue weighted by molar-refractivity contribution is 7.21. The Balaban J connectivity index is 1.50. The fourth-order valence-corrected chi connectivity index (χ4v) is 3.82. The summed E-state index contributed by atoms with van der Waals surface area (Å²) in [4.78, 5) is 14.8. The van der Waals surface area contributed by atoms with E-state index in [9.17, 15) is 4.39 Å². The molecular formula is C18H16ClFN6S. The molecule has 1 atom stereocenters. The van der Waals surface area contributed by atoms with E-state index in [1.165, 1.54) is 29.8 Å². The maximum atomic E-state index is 13.9. The van der Waals surface area contributed by atoms with Crippen LogP contribution in [0.2, 0.25) is 5.88 Å². The quantitative estimate of drug-likeness (QED) is 0.710. The summed E-state index contributed by atoms with van der Waals surface area (Å²) in [5, 5.41) is 9.90. The Hall–Kier alpha value is -2.34. The van der Waals surface area contributed by atoms with Gasteiger partial charge in [0.1, 0.15) is 28.6 Å². The van der Waals surface area contributed by atoms with Crippen molar-refractivity contribution < 1.29 is 8.54 Å². The first-order valence-electron chi connectivity index (χ1n) is 9.77. The number of likely N-dealkylation sites (tertiary alicyclic amines) is 1. The molecule has 1 aliphatic rings. The fraction of sp³-hybridized carbons (Fsp3) is 0.333. The molecule has 1 unspecified atom stereocenters. The fourth-order valence-electron chi connectivity index (χ4n) is 2.88. The third kappa shape index (κ3) is 4.00. The van der Waals surface area contributed by atoms with E-state index in [0.29, 0.717) is 33.5 Å². The lowest BCUT2D eigenvalue weighted by atomic mass is 10.0. The highest BCUT2D eigenvalue weighted by atomic mass is 35.5. The first-order valence-corrected chi connectivity index (χ1v) is 9.44. The van der Waals surface area contributed by atoms with E-state index in [0.717, 1.165) is 5.31 Å². The summed E-state index contributed by atoms with van der Waals surface area (Å²) in [5.74, 6) is -0.422. The van der Waals surface area contributed by atoms with Crippen LogP contribution < -0.4 is 5.31 Å². The molecular weight excluding hydrogens is 387 g/mol. The van der Waals surface area contributed by atoms with E-state index < -0.39 is 18.4 Å². The van der Waals surface area contributed by atoms with Crippen molar-refractivity contribution in [2.45, 2.75) is 25.4 Å². The predicted molar refractivity (Wildman–Crippen MR) is 103 cm³/mol. The SMILES string of the molecule is [2H]C(c1ccc(C#N)c(F)c1)N1CCC([2H])(N([2H])c2ncnc3sc(Cl)nc23)CC1. The van der Waals surface area contributed by atoms with Gasteiger partial charge in [0.25, 0.3) is 0 Å². The molecule has 0 radical (unpaired) electrons. The zero-order valence-electron chi connectivity index (χ0n) is 17.1. The average Bonchev–Trinajstić information content (AvgIpc) is 3.13. The minimum Gasteiger partial charge on any atom is -0.365 e. The minimum atomic E-state index is -1.26. The van der Waals surface area contributed by atoms with Gasteiger partial charge in [-0.3, -0.25) is 4.90 Å². The van der Waals surface area contributed by atoms with E-state index in [4.69, 9.17) is 21.0 Å². The second-order valence-electron chi connectivity index (χ2n) is 6.01. The van der Waals surface area contributed by atoms with Crippen LogP contribution in [0.15, 0.2) is 24.5 Å². The summed E-state index contributed by atoms with van der Waals surface area (Å²) in [6.45, 7) is -0.0689. The van der Waals surface area contributed by atoms with Gasteiger partial charge < -0.3 is 5.31 Å². The number of hydrogen-bond acceptors (Lipinski definition) is 7. The Labute approximate surface area is 168 Å². The van der Waals surface area contributed by atoms with Gasteiger partial charge in [0.2, 0.25) is 0 Å². The monoisotopic (exact) mass is 405 g/mol. The molecule has 3 aromatic rings. The van der Waals surface area contributed by atoms with Crippen LogP contribution in [0.1, 0.15) is 26.7 Å².